The predicted octanol–water partition coefficient (Wildman–Crippen LogP) is 1.66. The molecular formula is C11H13N3O2. The van der Waals surface area contributed by atoms with Gasteiger partial charge in [0.25, 0.3) is 0 Å². The van der Waals surface area contributed by atoms with Crippen LogP contribution in [-0.4, -0.2) is 19.9 Å². The number of nitrogens with zero attached hydrogens (tertiary/aromatic N) is 3. The molecule has 0 aliphatic rings. The second kappa shape index (κ2) is 4.32. The Bertz CT molecular complexity index is 480. The fraction of sp³-hybridized carbons (Fsp3) is 0.273. The maximum atomic E-state index is 9.42. The van der Waals surface area contributed by atoms with Crippen molar-refractivity contribution in [3.63, 3.8) is 0 Å². The van der Waals surface area contributed by atoms with Crippen LogP contribution in [0.5, 0.6) is 11.6 Å². The van der Waals surface area contributed by atoms with Crippen molar-refractivity contribution in [1.82, 2.24) is 14.8 Å². The van der Waals surface area contributed by atoms with Crippen molar-refractivity contribution in [1.29, 1.82) is 0 Å². The molecule has 0 unspecified atom stereocenters. The van der Waals surface area contributed by atoms with Gasteiger partial charge >= 0.3 is 0 Å². The highest BCUT2D eigenvalue weighted by molar-refractivity contribution is 5.26. The predicted molar refractivity (Wildman–Crippen MR) is 58.2 cm³/mol. The molecule has 84 valence electrons. The molecule has 5 heteroatoms. The van der Waals surface area contributed by atoms with E-state index >= 15 is 0 Å². The molecular weight excluding hydrogens is 206 g/mol. The van der Waals surface area contributed by atoms with Crippen molar-refractivity contribution in [2.75, 3.05) is 0 Å². The van der Waals surface area contributed by atoms with Crippen LogP contribution >= 0.6 is 0 Å². The molecule has 5 nitrogen and oxygen atoms in total. The quantitative estimate of drug-likeness (QED) is 0.852. The zero-order valence-electron chi connectivity index (χ0n) is 9.16. The summed E-state index contributed by atoms with van der Waals surface area (Å²) in [5, 5.41) is 13.4. The van der Waals surface area contributed by atoms with E-state index in [1.807, 2.05) is 7.05 Å². The van der Waals surface area contributed by atoms with Gasteiger partial charge in [0.15, 0.2) is 5.75 Å². The maximum absolute atomic E-state index is 9.42. The lowest BCUT2D eigenvalue weighted by atomic mass is 10.2. The first-order valence-corrected chi connectivity index (χ1v) is 4.95. The molecule has 0 saturated heterocycles. The van der Waals surface area contributed by atoms with E-state index in [2.05, 4.69) is 10.1 Å². The van der Waals surface area contributed by atoms with Crippen LogP contribution in [0, 0.1) is 0 Å². The topological polar surface area (TPSA) is 60.2 Å². The normalized spacial score (nSPS) is 12.4. The lowest BCUT2D eigenvalue weighted by Gasteiger charge is -2.06. The first kappa shape index (κ1) is 10.6. The molecule has 1 atom stereocenters. The van der Waals surface area contributed by atoms with Crippen molar-refractivity contribution >= 4 is 0 Å². The van der Waals surface area contributed by atoms with Crippen LogP contribution in [0.15, 0.2) is 30.7 Å². The summed E-state index contributed by atoms with van der Waals surface area (Å²) in [6, 6.07) is 3.46. The van der Waals surface area contributed by atoms with Gasteiger partial charge in [-0.15, -0.1) is 0 Å². The van der Waals surface area contributed by atoms with Crippen molar-refractivity contribution in [2.24, 2.45) is 7.05 Å². The summed E-state index contributed by atoms with van der Waals surface area (Å²) in [5.41, 5.74) is 0.772. The van der Waals surface area contributed by atoms with Gasteiger partial charge in [0.1, 0.15) is 0 Å². The lowest BCUT2D eigenvalue weighted by Crippen LogP contribution is -1.93. The Morgan fingerprint density at radius 1 is 1.50 bits per heavy atom. The van der Waals surface area contributed by atoms with Gasteiger partial charge in [-0.05, 0) is 18.6 Å². The molecule has 0 aliphatic carbocycles. The van der Waals surface area contributed by atoms with Gasteiger partial charge in [0.2, 0.25) is 5.88 Å². The minimum absolute atomic E-state index is 0.450. The van der Waals surface area contributed by atoms with Crippen molar-refractivity contribution in [3.05, 3.63) is 36.3 Å². The monoisotopic (exact) mass is 219 g/mol. The minimum Gasteiger partial charge on any atom is -0.436 e. The van der Waals surface area contributed by atoms with Crippen LogP contribution < -0.4 is 4.74 Å². The average molecular weight is 219 g/mol. The number of hydrogen-bond donors (Lipinski definition) is 1. The van der Waals surface area contributed by atoms with Gasteiger partial charge in [-0.1, -0.05) is 0 Å². The van der Waals surface area contributed by atoms with Crippen LogP contribution in [0.3, 0.4) is 0 Å². The van der Waals surface area contributed by atoms with Crippen LogP contribution in [0.2, 0.25) is 0 Å². The van der Waals surface area contributed by atoms with Crippen molar-refractivity contribution < 1.29 is 9.84 Å². The van der Waals surface area contributed by atoms with E-state index in [1.54, 1.807) is 42.3 Å². The standard InChI is InChI=1S/C11H13N3O2/c1-8(15)9-3-4-12-11(5-9)16-10-6-13-14(2)7-10/h3-8,15H,1-2H3/t8-/m0/s1. The maximum Gasteiger partial charge on any atom is 0.219 e. The second-order valence-electron chi connectivity index (χ2n) is 3.56. The van der Waals surface area contributed by atoms with Crippen molar-refractivity contribution in [2.45, 2.75) is 13.0 Å². The Morgan fingerprint density at radius 3 is 2.94 bits per heavy atom. The molecule has 2 aromatic heterocycles. The van der Waals surface area contributed by atoms with Gasteiger partial charge in [-0.3, -0.25) is 4.68 Å². The fourth-order valence-corrected chi connectivity index (χ4v) is 1.31. The summed E-state index contributed by atoms with van der Waals surface area (Å²) in [6.45, 7) is 1.70. The van der Waals surface area contributed by atoms with Crippen LogP contribution in [-0.2, 0) is 7.05 Å². The Kier molecular flexibility index (Phi) is 2.87. The molecule has 0 fully saturated rings. The third-order valence-electron chi connectivity index (χ3n) is 2.14. The van der Waals surface area contributed by atoms with E-state index in [4.69, 9.17) is 4.74 Å². The summed E-state index contributed by atoms with van der Waals surface area (Å²) in [6.07, 6.45) is 4.43. The molecule has 2 rings (SSSR count). The summed E-state index contributed by atoms with van der Waals surface area (Å²) in [4.78, 5) is 4.06. The summed E-state index contributed by atoms with van der Waals surface area (Å²) in [7, 11) is 1.81. The average Bonchev–Trinajstić information content (AvgIpc) is 2.64. The number of pyridine rings is 1. The number of aryl methyl sites for hydroxylation is 1. The Balaban J connectivity index is 2.18. The largest absolute Gasteiger partial charge is 0.436 e. The summed E-state index contributed by atoms with van der Waals surface area (Å²) < 4.78 is 7.13. The first-order chi connectivity index (χ1) is 7.65. The number of aliphatic hydroxyl groups is 1. The molecule has 0 bridgehead atoms. The van der Waals surface area contributed by atoms with Crippen LogP contribution in [0.25, 0.3) is 0 Å². The van der Waals surface area contributed by atoms with E-state index in [-0.39, 0.29) is 0 Å². The minimum atomic E-state index is -0.528. The van der Waals surface area contributed by atoms with Crippen LogP contribution in [0.4, 0.5) is 0 Å². The number of aliphatic hydroxyl groups excluding tert-OH is 1. The van der Waals surface area contributed by atoms with Gasteiger partial charge in [0.05, 0.1) is 18.5 Å². The van der Waals surface area contributed by atoms with Gasteiger partial charge in [-0.25, -0.2) is 4.98 Å². The Morgan fingerprint density at radius 2 is 2.31 bits per heavy atom. The zero-order valence-corrected chi connectivity index (χ0v) is 9.16. The van der Waals surface area contributed by atoms with E-state index < -0.39 is 6.10 Å². The van der Waals surface area contributed by atoms with E-state index in [1.165, 1.54) is 0 Å². The molecule has 0 aliphatic heterocycles. The lowest BCUT2D eigenvalue weighted by molar-refractivity contribution is 0.198. The van der Waals surface area contributed by atoms with E-state index in [0.29, 0.717) is 11.6 Å². The number of hydrogen-bond acceptors (Lipinski definition) is 4. The van der Waals surface area contributed by atoms with Crippen molar-refractivity contribution in [3.8, 4) is 11.6 Å². The second-order valence-corrected chi connectivity index (χ2v) is 3.56. The molecule has 2 aromatic rings. The number of rotatable bonds is 3. The molecule has 0 amide bonds. The third kappa shape index (κ3) is 2.38. The fourth-order valence-electron chi connectivity index (χ4n) is 1.31. The van der Waals surface area contributed by atoms with Gasteiger partial charge < -0.3 is 9.84 Å². The molecule has 2 heterocycles. The Hall–Kier alpha value is -1.88. The van der Waals surface area contributed by atoms with Gasteiger partial charge in [0, 0.05) is 19.3 Å². The summed E-state index contributed by atoms with van der Waals surface area (Å²) >= 11 is 0. The van der Waals surface area contributed by atoms with E-state index in [9.17, 15) is 5.11 Å². The Labute approximate surface area is 93.3 Å². The number of ether oxygens (including phenoxy) is 1. The highest BCUT2D eigenvalue weighted by Gasteiger charge is 2.05. The number of aromatic nitrogens is 3. The smallest absolute Gasteiger partial charge is 0.219 e. The van der Waals surface area contributed by atoms with E-state index in [0.717, 1.165) is 5.56 Å². The molecule has 0 spiro atoms. The molecule has 0 aromatic carbocycles. The van der Waals surface area contributed by atoms with Gasteiger partial charge in [-0.2, -0.15) is 5.10 Å². The molecule has 0 radical (unpaired) electrons. The van der Waals surface area contributed by atoms with Crippen LogP contribution in [0.1, 0.15) is 18.6 Å². The summed E-state index contributed by atoms with van der Waals surface area (Å²) in [5.74, 6) is 1.07. The molecule has 1 N–H and O–H groups in total. The highest BCUT2D eigenvalue weighted by Crippen LogP contribution is 2.21. The first-order valence-electron chi connectivity index (χ1n) is 4.95. The highest BCUT2D eigenvalue weighted by atomic mass is 16.5. The zero-order chi connectivity index (χ0) is 11.5. The molecule has 16 heavy (non-hydrogen) atoms. The SMILES string of the molecule is C[C@H](O)c1ccnc(Oc2cnn(C)c2)c1. The molecule has 0 saturated carbocycles. The third-order valence-corrected chi connectivity index (χ3v) is 2.14.